The van der Waals surface area contributed by atoms with Gasteiger partial charge in [-0.25, -0.2) is 9.97 Å². The van der Waals surface area contributed by atoms with Crippen molar-refractivity contribution in [2.75, 3.05) is 31.4 Å². The zero-order valence-electron chi connectivity index (χ0n) is 12.8. The van der Waals surface area contributed by atoms with Crippen molar-refractivity contribution < 1.29 is 4.74 Å². The quantitative estimate of drug-likeness (QED) is 0.819. The Bertz CT molecular complexity index is 564. The van der Waals surface area contributed by atoms with Gasteiger partial charge in [0, 0.05) is 32.3 Å². The highest BCUT2D eigenvalue weighted by Crippen LogP contribution is 2.21. The van der Waals surface area contributed by atoms with Crippen LogP contribution >= 0.6 is 0 Å². The summed E-state index contributed by atoms with van der Waals surface area (Å²) in [5.74, 6) is 2.44. The van der Waals surface area contributed by atoms with E-state index in [4.69, 9.17) is 4.74 Å². The summed E-state index contributed by atoms with van der Waals surface area (Å²) in [6, 6.07) is 10.1. The molecule has 5 heteroatoms. The van der Waals surface area contributed by atoms with E-state index in [-0.39, 0.29) is 0 Å². The van der Waals surface area contributed by atoms with E-state index in [2.05, 4.69) is 32.7 Å². The molecule has 2 rings (SSSR count). The van der Waals surface area contributed by atoms with Crippen molar-refractivity contribution in [2.24, 2.45) is 0 Å². The lowest BCUT2D eigenvalue weighted by atomic mass is 10.1. The Balaban J connectivity index is 2.25. The molecule has 1 heterocycles. The fraction of sp³-hybridized carbons (Fsp3) is 0.375. The molecule has 0 aliphatic rings. The minimum atomic E-state index is 0.699. The van der Waals surface area contributed by atoms with Crippen molar-refractivity contribution in [1.82, 2.24) is 9.97 Å². The van der Waals surface area contributed by atoms with Gasteiger partial charge in [0.1, 0.15) is 17.5 Å². The highest BCUT2D eigenvalue weighted by molar-refractivity contribution is 5.62. The normalized spacial score (nSPS) is 10.4. The first kappa shape index (κ1) is 15.3. The summed E-state index contributed by atoms with van der Waals surface area (Å²) in [4.78, 5) is 8.92. The van der Waals surface area contributed by atoms with Crippen LogP contribution in [0.15, 0.2) is 30.3 Å². The van der Waals surface area contributed by atoms with Gasteiger partial charge in [-0.3, -0.25) is 0 Å². The first-order valence-corrected chi connectivity index (χ1v) is 7.16. The van der Waals surface area contributed by atoms with Gasteiger partial charge in [-0.1, -0.05) is 25.1 Å². The number of nitrogens with one attached hydrogen (secondary N) is 2. The van der Waals surface area contributed by atoms with Gasteiger partial charge in [0.25, 0.3) is 0 Å². The van der Waals surface area contributed by atoms with Gasteiger partial charge in [-0.15, -0.1) is 0 Å². The summed E-state index contributed by atoms with van der Waals surface area (Å²) in [7, 11) is 3.57. The zero-order chi connectivity index (χ0) is 15.1. The number of rotatable bonds is 7. The molecule has 1 aromatic carbocycles. The molecule has 21 heavy (non-hydrogen) atoms. The van der Waals surface area contributed by atoms with Crippen molar-refractivity contribution in [1.29, 1.82) is 0 Å². The Morgan fingerprint density at radius 1 is 1.14 bits per heavy atom. The third-order valence-corrected chi connectivity index (χ3v) is 3.20. The molecule has 1 aromatic heterocycles. The van der Waals surface area contributed by atoms with Crippen molar-refractivity contribution in [3.63, 3.8) is 0 Å². The van der Waals surface area contributed by atoms with E-state index in [1.807, 2.05) is 32.2 Å². The third-order valence-electron chi connectivity index (χ3n) is 3.20. The van der Waals surface area contributed by atoms with Gasteiger partial charge in [-0.2, -0.15) is 0 Å². The molecule has 112 valence electrons. The Hall–Kier alpha value is -2.14. The smallest absolute Gasteiger partial charge is 0.136 e. The highest BCUT2D eigenvalue weighted by atomic mass is 16.5. The number of hydrogen-bond acceptors (Lipinski definition) is 5. The van der Waals surface area contributed by atoms with Crippen LogP contribution in [0.4, 0.5) is 17.3 Å². The van der Waals surface area contributed by atoms with Crippen LogP contribution in [0.2, 0.25) is 0 Å². The van der Waals surface area contributed by atoms with Crippen molar-refractivity contribution in [2.45, 2.75) is 19.8 Å². The number of ether oxygens (including phenoxy) is 1. The third kappa shape index (κ3) is 4.16. The van der Waals surface area contributed by atoms with Gasteiger partial charge in [0.2, 0.25) is 0 Å². The highest BCUT2D eigenvalue weighted by Gasteiger charge is 2.06. The number of methoxy groups -OCH3 is 1. The maximum atomic E-state index is 5.16. The van der Waals surface area contributed by atoms with Gasteiger partial charge < -0.3 is 15.4 Å². The number of anilines is 3. The SMILES string of the molecule is CCc1nc(NC)cc(Nc2ccccc2CCOC)n1. The lowest BCUT2D eigenvalue weighted by Gasteiger charge is -2.13. The van der Waals surface area contributed by atoms with Gasteiger partial charge in [0.05, 0.1) is 6.61 Å². The lowest BCUT2D eigenvalue weighted by molar-refractivity contribution is 0.202. The first-order chi connectivity index (χ1) is 10.3. The van der Waals surface area contributed by atoms with Gasteiger partial charge >= 0.3 is 0 Å². The first-order valence-electron chi connectivity index (χ1n) is 7.16. The molecule has 0 saturated heterocycles. The van der Waals surface area contributed by atoms with Gasteiger partial charge in [-0.05, 0) is 18.1 Å². The Morgan fingerprint density at radius 3 is 2.62 bits per heavy atom. The van der Waals surface area contributed by atoms with Crippen LogP contribution in [0.5, 0.6) is 0 Å². The van der Waals surface area contributed by atoms with E-state index in [0.717, 1.165) is 36.0 Å². The molecule has 0 fully saturated rings. The van der Waals surface area contributed by atoms with E-state index in [0.29, 0.717) is 6.61 Å². The van der Waals surface area contributed by atoms with Crippen LogP contribution in [-0.4, -0.2) is 30.7 Å². The van der Waals surface area contributed by atoms with E-state index in [1.165, 1.54) is 5.56 Å². The number of aromatic nitrogens is 2. The van der Waals surface area contributed by atoms with E-state index < -0.39 is 0 Å². The summed E-state index contributed by atoms with van der Waals surface area (Å²) in [6.07, 6.45) is 1.67. The number of para-hydroxylation sites is 1. The largest absolute Gasteiger partial charge is 0.384 e. The Morgan fingerprint density at radius 2 is 1.90 bits per heavy atom. The molecule has 0 saturated carbocycles. The number of aryl methyl sites for hydroxylation is 1. The second kappa shape index (κ2) is 7.59. The molecule has 0 radical (unpaired) electrons. The fourth-order valence-electron chi connectivity index (χ4n) is 2.06. The second-order valence-corrected chi connectivity index (χ2v) is 4.68. The predicted molar refractivity (Wildman–Crippen MR) is 86.3 cm³/mol. The summed E-state index contributed by atoms with van der Waals surface area (Å²) < 4.78 is 5.16. The minimum absolute atomic E-state index is 0.699. The number of nitrogens with zero attached hydrogens (tertiary/aromatic N) is 2. The molecule has 2 N–H and O–H groups in total. The molecule has 0 atom stereocenters. The summed E-state index contributed by atoms with van der Waals surface area (Å²) in [5, 5.41) is 6.45. The molecule has 0 unspecified atom stereocenters. The maximum Gasteiger partial charge on any atom is 0.136 e. The zero-order valence-corrected chi connectivity index (χ0v) is 12.8. The van der Waals surface area contributed by atoms with Crippen molar-refractivity contribution >= 4 is 17.3 Å². The molecule has 2 aromatic rings. The standard InChI is InChI=1S/C16H22N4O/c1-4-14-19-15(17-2)11-16(20-14)18-13-8-6-5-7-12(13)9-10-21-3/h5-8,11H,4,9-10H2,1-3H3,(H2,17,18,19,20). The minimum Gasteiger partial charge on any atom is -0.384 e. The Kier molecular flexibility index (Phi) is 5.51. The number of hydrogen-bond donors (Lipinski definition) is 2. The topological polar surface area (TPSA) is 59.1 Å². The molecular weight excluding hydrogens is 264 g/mol. The van der Waals surface area contributed by atoms with Crippen LogP contribution in [-0.2, 0) is 17.6 Å². The molecule has 5 nitrogen and oxygen atoms in total. The molecule has 0 aliphatic carbocycles. The van der Waals surface area contributed by atoms with Gasteiger partial charge in [0.15, 0.2) is 0 Å². The summed E-state index contributed by atoms with van der Waals surface area (Å²) in [5.41, 5.74) is 2.26. The molecule has 0 spiro atoms. The monoisotopic (exact) mass is 286 g/mol. The Labute approximate surface area is 125 Å². The molecule has 0 bridgehead atoms. The van der Waals surface area contributed by atoms with Crippen LogP contribution in [0.25, 0.3) is 0 Å². The molecule has 0 amide bonds. The summed E-state index contributed by atoms with van der Waals surface area (Å²) >= 11 is 0. The van der Waals surface area contributed by atoms with Crippen molar-refractivity contribution in [3.8, 4) is 0 Å². The maximum absolute atomic E-state index is 5.16. The lowest BCUT2D eigenvalue weighted by Crippen LogP contribution is -2.05. The fourth-order valence-corrected chi connectivity index (χ4v) is 2.06. The van der Waals surface area contributed by atoms with Crippen LogP contribution in [0.1, 0.15) is 18.3 Å². The predicted octanol–water partition coefficient (Wildman–Crippen LogP) is 3.01. The molecule has 0 aliphatic heterocycles. The number of benzene rings is 1. The average Bonchev–Trinajstić information content (AvgIpc) is 2.53. The average molecular weight is 286 g/mol. The van der Waals surface area contributed by atoms with E-state index in [1.54, 1.807) is 7.11 Å². The van der Waals surface area contributed by atoms with E-state index >= 15 is 0 Å². The van der Waals surface area contributed by atoms with Crippen LogP contribution < -0.4 is 10.6 Å². The van der Waals surface area contributed by atoms with E-state index in [9.17, 15) is 0 Å². The second-order valence-electron chi connectivity index (χ2n) is 4.68. The van der Waals surface area contributed by atoms with Crippen LogP contribution in [0, 0.1) is 0 Å². The van der Waals surface area contributed by atoms with Crippen LogP contribution in [0.3, 0.4) is 0 Å². The summed E-state index contributed by atoms with van der Waals surface area (Å²) in [6.45, 7) is 2.75. The molecular formula is C16H22N4O. The van der Waals surface area contributed by atoms with Crippen molar-refractivity contribution in [3.05, 3.63) is 41.7 Å².